The highest BCUT2D eigenvalue weighted by Gasteiger charge is 2.32. The van der Waals surface area contributed by atoms with Crippen molar-refractivity contribution in [1.29, 1.82) is 0 Å². The molecule has 22 heavy (non-hydrogen) atoms. The maximum atomic E-state index is 12.7. The van der Waals surface area contributed by atoms with Gasteiger partial charge in [0, 0.05) is 12.1 Å². The van der Waals surface area contributed by atoms with Crippen LogP contribution in [0.3, 0.4) is 0 Å². The van der Waals surface area contributed by atoms with E-state index in [4.69, 9.17) is 9.05 Å². The molecule has 7 nitrogen and oxygen atoms in total. The monoisotopic (exact) mass is 304 g/mol. The minimum absolute atomic E-state index is 0.0509. The molecule has 2 aromatic rings. The lowest BCUT2D eigenvalue weighted by Crippen LogP contribution is -2.39. The zero-order chi connectivity index (χ0) is 15.7. The minimum Gasteiger partial charge on any atom is -0.361 e. The van der Waals surface area contributed by atoms with Crippen molar-refractivity contribution < 1.29 is 13.8 Å². The van der Waals surface area contributed by atoms with Gasteiger partial charge in [0.05, 0.1) is 12.1 Å². The third-order valence-corrected chi connectivity index (χ3v) is 4.16. The average molecular weight is 304 g/mol. The molecule has 0 bridgehead atoms. The number of hydrogen-bond acceptors (Lipinski definition) is 6. The number of carbonyl (C=O) groups excluding carboxylic acids is 1. The Morgan fingerprint density at radius 2 is 2.05 bits per heavy atom. The number of nitrogens with zero attached hydrogens (tertiary/aromatic N) is 4. The van der Waals surface area contributed by atoms with E-state index in [1.165, 1.54) is 0 Å². The topological polar surface area (TPSA) is 85.3 Å². The largest absolute Gasteiger partial charge is 0.361 e. The van der Waals surface area contributed by atoms with Crippen LogP contribution in [0.5, 0.6) is 0 Å². The van der Waals surface area contributed by atoms with Crippen LogP contribution < -0.4 is 0 Å². The van der Waals surface area contributed by atoms with E-state index in [-0.39, 0.29) is 11.9 Å². The van der Waals surface area contributed by atoms with Crippen LogP contribution in [0.25, 0.3) is 0 Å². The number of hydrogen-bond donors (Lipinski definition) is 0. The van der Waals surface area contributed by atoms with Crippen LogP contribution in [0.15, 0.2) is 9.05 Å². The third kappa shape index (κ3) is 2.75. The number of amides is 1. The number of rotatable bonds is 3. The number of likely N-dealkylation sites (tertiary alicyclic amines) is 1. The molecule has 2 aromatic heterocycles. The average Bonchev–Trinajstić information content (AvgIpc) is 3.08. The van der Waals surface area contributed by atoms with Crippen LogP contribution in [0, 0.1) is 20.8 Å². The molecule has 1 amide bonds. The standard InChI is InChI=1S/C15H20N4O3/c1-9-12(10(2)21-17-9)8-14(20)19-7-5-4-6-13(19)15-16-11(3)18-22-15/h13H,4-8H2,1-3H3/t13-/m1/s1. The first-order valence-corrected chi connectivity index (χ1v) is 7.57. The van der Waals surface area contributed by atoms with Crippen molar-refractivity contribution in [2.24, 2.45) is 0 Å². The first kappa shape index (κ1) is 14.7. The molecule has 118 valence electrons. The summed E-state index contributed by atoms with van der Waals surface area (Å²) in [6.07, 6.45) is 3.21. The van der Waals surface area contributed by atoms with Gasteiger partial charge < -0.3 is 13.9 Å². The molecule has 0 spiro atoms. The smallest absolute Gasteiger partial charge is 0.249 e. The molecule has 0 radical (unpaired) electrons. The summed E-state index contributed by atoms with van der Waals surface area (Å²) in [5.41, 5.74) is 1.64. The quantitative estimate of drug-likeness (QED) is 0.864. The Hall–Kier alpha value is -2.18. The van der Waals surface area contributed by atoms with Crippen LogP contribution in [0.1, 0.15) is 54.0 Å². The lowest BCUT2D eigenvalue weighted by Gasteiger charge is -2.33. The van der Waals surface area contributed by atoms with Gasteiger partial charge in [-0.05, 0) is 40.0 Å². The molecule has 3 rings (SSSR count). The van der Waals surface area contributed by atoms with E-state index in [2.05, 4.69) is 15.3 Å². The highest BCUT2D eigenvalue weighted by atomic mass is 16.5. The van der Waals surface area contributed by atoms with E-state index in [0.717, 1.165) is 30.5 Å². The van der Waals surface area contributed by atoms with E-state index in [9.17, 15) is 4.79 Å². The van der Waals surface area contributed by atoms with Crippen LogP contribution >= 0.6 is 0 Å². The van der Waals surface area contributed by atoms with Gasteiger partial charge in [0.2, 0.25) is 11.8 Å². The molecule has 0 aliphatic carbocycles. The Balaban J connectivity index is 1.80. The molecule has 3 heterocycles. The van der Waals surface area contributed by atoms with Crippen molar-refractivity contribution in [3.8, 4) is 0 Å². The summed E-state index contributed by atoms with van der Waals surface area (Å²) >= 11 is 0. The Kier molecular flexibility index (Phi) is 3.96. The molecule has 1 aliphatic rings. The van der Waals surface area contributed by atoms with Gasteiger partial charge in [-0.3, -0.25) is 4.79 Å². The molecule has 1 fully saturated rings. The number of aromatic nitrogens is 3. The summed E-state index contributed by atoms with van der Waals surface area (Å²) in [7, 11) is 0. The number of aryl methyl sites for hydroxylation is 3. The van der Waals surface area contributed by atoms with Crippen molar-refractivity contribution in [2.75, 3.05) is 6.54 Å². The van der Waals surface area contributed by atoms with Gasteiger partial charge in [0.15, 0.2) is 5.82 Å². The molecule has 0 aromatic carbocycles. The SMILES string of the molecule is Cc1noc([C@H]2CCCCN2C(=O)Cc2c(C)noc2C)n1. The summed E-state index contributed by atoms with van der Waals surface area (Å²) in [5, 5.41) is 7.75. The van der Waals surface area contributed by atoms with E-state index in [1.807, 2.05) is 18.7 Å². The highest BCUT2D eigenvalue weighted by molar-refractivity contribution is 5.79. The Morgan fingerprint density at radius 1 is 1.23 bits per heavy atom. The van der Waals surface area contributed by atoms with Gasteiger partial charge in [0.25, 0.3) is 0 Å². The van der Waals surface area contributed by atoms with Gasteiger partial charge in [-0.25, -0.2) is 0 Å². The molecule has 7 heteroatoms. The second-order valence-corrected chi connectivity index (χ2v) is 5.76. The molecule has 1 atom stereocenters. The van der Waals surface area contributed by atoms with Crippen molar-refractivity contribution in [3.63, 3.8) is 0 Å². The predicted octanol–water partition coefficient (Wildman–Crippen LogP) is 2.28. The van der Waals surface area contributed by atoms with E-state index < -0.39 is 0 Å². The third-order valence-electron chi connectivity index (χ3n) is 4.16. The second-order valence-electron chi connectivity index (χ2n) is 5.76. The lowest BCUT2D eigenvalue weighted by molar-refractivity contribution is -0.135. The fourth-order valence-electron chi connectivity index (χ4n) is 2.94. The van der Waals surface area contributed by atoms with Crippen LogP contribution in [0.2, 0.25) is 0 Å². The Morgan fingerprint density at radius 3 is 2.68 bits per heavy atom. The number of piperidine rings is 1. The maximum absolute atomic E-state index is 12.7. The fraction of sp³-hybridized carbons (Fsp3) is 0.600. The predicted molar refractivity (Wildman–Crippen MR) is 77.0 cm³/mol. The zero-order valence-electron chi connectivity index (χ0n) is 13.1. The van der Waals surface area contributed by atoms with Crippen molar-refractivity contribution in [1.82, 2.24) is 20.2 Å². The van der Waals surface area contributed by atoms with E-state index >= 15 is 0 Å². The number of carbonyl (C=O) groups is 1. The van der Waals surface area contributed by atoms with Crippen molar-refractivity contribution >= 4 is 5.91 Å². The van der Waals surface area contributed by atoms with Crippen molar-refractivity contribution in [2.45, 2.75) is 52.5 Å². The highest BCUT2D eigenvalue weighted by Crippen LogP contribution is 2.30. The summed E-state index contributed by atoms with van der Waals surface area (Å²) in [6.45, 7) is 6.19. The first-order valence-electron chi connectivity index (χ1n) is 7.57. The van der Waals surface area contributed by atoms with Gasteiger partial charge in [-0.2, -0.15) is 4.98 Å². The van der Waals surface area contributed by atoms with Crippen LogP contribution in [0.4, 0.5) is 0 Å². The second kappa shape index (κ2) is 5.90. The molecule has 0 unspecified atom stereocenters. The lowest BCUT2D eigenvalue weighted by atomic mass is 10.0. The summed E-state index contributed by atoms with van der Waals surface area (Å²) in [6, 6.07) is -0.122. The maximum Gasteiger partial charge on any atom is 0.249 e. The van der Waals surface area contributed by atoms with E-state index in [1.54, 1.807) is 6.92 Å². The van der Waals surface area contributed by atoms with Crippen LogP contribution in [-0.2, 0) is 11.2 Å². The van der Waals surface area contributed by atoms with E-state index in [0.29, 0.717) is 30.4 Å². The Labute approximate surface area is 128 Å². The normalized spacial score (nSPS) is 18.7. The van der Waals surface area contributed by atoms with Crippen molar-refractivity contribution in [3.05, 3.63) is 28.7 Å². The molecule has 1 aliphatic heterocycles. The van der Waals surface area contributed by atoms with Gasteiger partial charge in [-0.15, -0.1) is 0 Å². The Bertz CT molecular complexity index is 657. The first-order chi connectivity index (χ1) is 10.6. The minimum atomic E-state index is -0.122. The van der Waals surface area contributed by atoms with Crippen LogP contribution in [-0.4, -0.2) is 32.6 Å². The molecule has 0 saturated carbocycles. The molecule has 0 N–H and O–H groups in total. The van der Waals surface area contributed by atoms with Gasteiger partial charge in [-0.1, -0.05) is 10.3 Å². The summed E-state index contributed by atoms with van der Waals surface area (Å²) in [4.78, 5) is 18.9. The van der Waals surface area contributed by atoms with Gasteiger partial charge in [0.1, 0.15) is 11.8 Å². The fourth-order valence-corrected chi connectivity index (χ4v) is 2.94. The van der Waals surface area contributed by atoms with Gasteiger partial charge >= 0.3 is 0 Å². The summed E-state index contributed by atoms with van der Waals surface area (Å²) < 4.78 is 10.4. The summed E-state index contributed by atoms with van der Waals surface area (Å²) in [5.74, 6) is 1.88. The molecule has 1 saturated heterocycles. The molecular weight excluding hydrogens is 284 g/mol. The molecular formula is C15H20N4O3. The zero-order valence-corrected chi connectivity index (χ0v) is 13.1.